The van der Waals surface area contributed by atoms with Crippen molar-refractivity contribution in [3.63, 3.8) is 0 Å². The Morgan fingerprint density at radius 2 is 1.81 bits per heavy atom. The SMILES string of the molecule is CC1(C)O[C@@H]2COc3ccccc3[C@@H]2N1C(=O)[C@H](CCc1ccccc1)C[C@H](O)CN1CCN(C(C)(C)c2csc(-c3cccnc3)n2)C[C@H]1C(=O)NCC(F)(F)F. The number of carbonyl (C=O) groups excluding carboxylic acids is 2. The van der Waals surface area contributed by atoms with Crippen molar-refractivity contribution in [3.8, 4) is 16.3 Å². The summed E-state index contributed by atoms with van der Waals surface area (Å²) in [5.41, 5.74) is 1.90. The van der Waals surface area contributed by atoms with Gasteiger partial charge in [-0.2, -0.15) is 13.2 Å². The predicted octanol–water partition coefficient (Wildman–Crippen LogP) is 6.20. The third-order valence-corrected chi connectivity index (χ3v) is 12.5. The molecule has 0 bridgehead atoms. The van der Waals surface area contributed by atoms with Crippen molar-refractivity contribution < 1.29 is 37.3 Å². The van der Waals surface area contributed by atoms with Crippen LogP contribution in [-0.2, 0) is 26.3 Å². The molecule has 2 aromatic carbocycles. The molecule has 11 nitrogen and oxygen atoms in total. The molecule has 4 aromatic rings. The molecule has 2 fully saturated rings. The van der Waals surface area contributed by atoms with Gasteiger partial charge in [-0.05, 0) is 70.7 Å². The summed E-state index contributed by atoms with van der Waals surface area (Å²) in [6.45, 7) is 7.37. The third kappa shape index (κ3) is 9.23. The van der Waals surface area contributed by atoms with E-state index in [2.05, 4.69) is 15.2 Å². The standard InChI is InChI=1S/C43H51F3N6O5S/c1-41(2,36-26-58-39(49-36)30-13-10-18-47-22-30)51-20-19-50(33(24-51)38(54)48-27-43(44,45)46)23-31(53)21-29(17-16-28-11-6-5-7-12-28)40(55)52-37-32-14-8-9-15-34(32)56-25-35(37)57-42(52,3)4/h5-15,18,22,26,29,31,33,35,37,53H,16-17,19-21,23-25,27H2,1-4H3,(H,48,54)/t29-,31+,33+,35-,37+/m1/s1. The zero-order valence-electron chi connectivity index (χ0n) is 33.2. The Morgan fingerprint density at radius 1 is 1.05 bits per heavy atom. The Labute approximate surface area is 341 Å². The van der Waals surface area contributed by atoms with E-state index in [0.29, 0.717) is 38.3 Å². The van der Waals surface area contributed by atoms with Gasteiger partial charge in [-0.25, -0.2) is 4.98 Å². The van der Waals surface area contributed by atoms with Crippen LogP contribution in [0, 0.1) is 5.92 Å². The molecule has 15 heteroatoms. The maximum atomic E-state index is 14.9. The average molecular weight is 821 g/mol. The minimum atomic E-state index is -4.60. The number of nitrogens with zero attached hydrogens (tertiary/aromatic N) is 5. The van der Waals surface area contributed by atoms with Crippen LogP contribution in [0.5, 0.6) is 5.75 Å². The number of ether oxygens (including phenoxy) is 2. The van der Waals surface area contributed by atoms with Crippen LogP contribution in [0.2, 0.25) is 0 Å². The molecule has 2 amide bonds. The van der Waals surface area contributed by atoms with E-state index in [0.717, 1.165) is 27.4 Å². The van der Waals surface area contributed by atoms with Crippen LogP contribution in [0.15, 0.2) is 84.5 Å². The first-order valence-electron chi connectivity index (χ1n) is 19.8. The first kappa shape index (κ1) is 41.7. The highest BCUT2D eigenvalue weighted by Crippen LogP contribution is 2.48. The number of thiazole rings is 1. The van der Waals surface area contributed by atoms with Gasteiger partial charge < -0.3 is 24.8 Å². The molecule has 5 heterocycles. The number of hydrogen-bond donors (Lipinski definition) is 2. The highest BCUT2D eigenvalue weighted by molar-refractivity contribution is 7.13. The van der Waals surface area contributed by atoms with Gasteiger partial charge in [-0.1, -0.05) is 48.5 Å². The first-order valence-corrected chi connectivity index (χ1v) is 20.6. The van der Waals surface area contributed by atoms with Gasteiger partial charge in [0.25, 0.3) is 0 Å². The van der Waals surface area contributed by atoms with E-state index in [1.165, 1.54) is 11.3 Å². The maximum Gasteiger partial charge on any atom is 0.405 e. The molecular formula is C43H51F3N6O5S. The van der Waals surface area contributed by atoms with Gasteiger partial charge in [0.2, 0.25) is 11.8 Å². The highest BCUT2D eigenvalue weighted by atomic mass is 32.1. The molecule has 5 atom stereocenters. The smallest absolute Gasteiger partial charge is 0.405 e. The summed E-state index contributed by atoms with van der Waals surface area (Å²) in [6, 6.07) is 19.8. The lowest BCUT2D eigenvalue weighted by Crippen LogP contribution is -2.63. The lowest BCUT2D eigenvalue weighted by molar-refractivity contribution is -0.153. The van der Waals surface area contributed by atoms with Crippen molar-refractivity contribution in [2.24, 2.45) is 5.92 Å². The lowest BCUT2D eigenvalue weighted by Gasteiger charge is -2.47. The number of aliphatic hydroxyl groups excluding tert-OH is 1. The van der Waals surface area contributed by atoms with Crippen LogP contribution in [0.4, 0.5) is 13.2 Å². The molecule has 7 rings (SSSR count). The van der Waals surface area contributed by atoms with E-state index in [1.54, 1.807) is 22.2 Å². The second kappa shape index (κ2) is 17.1. The van der Waals surface area contributed by atoms with Crippen LogP contribution in [0.3, 0.4) is 0 Å². The second-order valence-electron chi connectivity index (χ2n) is 16.3. The van der Waals surface area contributed by atoms with E-state index in [-0.39, 0.29) is 37.6 Å². The molecule has 2 aromatic heterocycles. The molecule has 0 spiro atoms. The average Bonchev–Trinajstić information content (AvgIpc) is 3.82. The number of aliphatic hydroxyl groups is 1. The lowest BCUT2D eigenvalue weighted by atomic mass is 9.89. The zero-order valence-corrected chi connectivity index (χ0v) is 34.0. The van der Waals surface area contributed by atoms with Crippen LogP contribution in [-0.4, -0.2) is 111 Å². The van der Waals surface area contributed by atoms with Crippen LogP contribution in [0.25, 0.3) is 10.6 Å². The maximum absolute atomic E-state index is 14.9. The number of hydrogen-bond acceptors (Lipinski definition) is 10. The Kier molecular flexibility index (Phi) is 12.3. The number of para-hydroxylation sites is 1. The number of benzene rings is 2. The number of fused-ring (bicyclic) bond motifs is 3. The summed E-state index contributed by atoms with van der Waals surface area (Å²) in [5, 5.41) is 16.7. The number of aryl methyl sites for hydroxylation is 1. The van der Waals surface area contributed by atoms with Crippen LogP contribution >= 0.6 is 11.3 Å². The molecular weight excluding hydrogens is 770 g/mol. The number of halogens is 3. The Hall–Kier alpha value is -4.41. The minimum absolute atomic E-state index is 0.0159. The number of alkyl halides is 3. The van der Waals surface area contributed by atoms with Gasteiger partial charge in [0.05, 0.1) is 23.4 Å². The number of pyridine rings is 1. The normalized spacial score (nSPS) is 22.1. The molecule has 3 aliphatic rings. The molecule has 2 N–H and O–H groups in total. The van der Waals surface area contributed by atoms with Crippen molar-refractivity contribution in [3.05, 3.63) is 101 Å². The summed E-state index contributed by atoms with van der Waals surface area (Å²) in [5.74, 6) is -0.881. The fourth-order valence-corrected chi connectivity index (χ4v) is 9.50. The van der Waals surface area contributed by atoms with E-state index in [9.17, 15) is 27.9 Å². The number of amides is 2. The van der Waals surface area contributed by atoms with E-state index in [4.69, 9.17) is 14.5 Å². The Balaban J connectivity index is 1.11. The highest BCUT2D eigenvalue weighted by Gasteiger charge is 2.54. The number of nitrogens with one attached hydrogen (secondary N) is 1. The van der Waals surface area contributed by atoms with Crippen molar-refractivity contribution in [1.29, 1.82) is 0 Å². The fraction of sp³-hybridized carbons (Fsp3) is 0.488. The van der Waals surface area contributed by atoms with Crippen molar-refractivity contribution in [1.82, 2.24) is 30.0 Å². The number of rotatable bonds is 13. The topological polar surface area (TPSA) is 120 Å². The van der Waals surface area contributed by atoms with Crippen molar-refractivity contribution in [2.75, 3.05) is 39.3 Å². The molecule has 2 saturated heterocycles. The summed E-state index contributed by atoms with van der Waals surface area (Å²) in [4.78, 5) is 43.2. The number of aromatic nitrogens is 2. The van der Waals surface area contributed by atoms with Gasteiger partial charge in [-0.3, -0.25) is 24.4 Å². The summed E-state index contributed by atoms with van der Waals surface area (Å²) in [7, 11) is 0. The zero-order chi connectivity index (χ0) is 41.2. The molecule has 58 heavy (non-hydrogen) atoms. The molecule has 0 aliphatic carbocycles. The molecule has 0 saturated carbocycles. The van der Waals surface area contributed by atoms with E-state index in [1.807, 2.05) is 99.8 Å². The van der Waals surface area contributed by atoms with Crippen molar-refractivity contribution >= 4 is 23.2 Å². The van der Waals surface area contributed by atoms with Crippen molar-refractivity contribution in [2.45, 2.75) is 88.7 Å². The van der Waals surface area contributed by atoms with Gasteiger partial charge >= 0.3 is 6.18 Å². The molecule has 310 valence electrons. The predicted molar refractivity (Wildman–Crippen MR) is 214 cm³/mol. The minimum Gasteiger partial charge on any atom is -0.490 e. The number of piperazine rings is 1. The molecule has 0 radical (unpaired) electrons. The van der Waals surface area contributed by atoms with Crippen LogP contribution in [0.1, 0.15) is 63.4 Å². The van der Waals surface area contributed by atoms with Gasteiger partial charge in [0.1, 0.15) is 41.8 Å². The fourth-order valence-electron chi connectivity index (χ4n) is 8.53. The Morgan fingerprint density at radius 3 is 2.55 bits per heavy atom. The number of β-amino-alcohol motifs (C(OH)–C–C–N with tert-alkyl or cyclic N) is 1. The van der Waals surface area contributed by atoms with Gasteiger partial charge in [0.15, 0.2) is 0 Å². The van der Waals surface area contributed by atoms with Crippen LogP contribution < -0.4 is 10.1 Å². The second-order valence-corrected chi connectivity index (χ2v) is 17.2. The van der Waals surface area contributed by atoms with Gasteiger partial charge in [-0.15, -0.1) is 11.3 Å². The monoisotopic (exact) mass is 820 g/mol. The number of carbonyl (C=O) groups is 2. The molecule has 0 unspecified atom stereocenters. The quantitative estimate of drug-likeness (QED) is 0.163. The Bertz CT molecular complexity index is 2030. The summed E-state index contributed by atoms with van der Waals surface area (Å²) in [6.07, 6.45) is -1.53. The molecule has 3 aliphatic heterocycles. The first-order chi connectivity index (χ1) is 27.6. The third-order valence-electron chi connectivity index (χ3n) is 11.6. The summed E-state index contributed by atoms with van der Waals surface area (Å²) >= 11 is 1.47. The largest absolute Gasteiger partial charge is 0.490 e. The van der Waals surface area contributed by atoms with E-state index < -0.39 is 48.0 Å². The summed E-state index contributed by atoms with van der Waals surface area (Å²) < 4.78 is 52.5. The van der Waals surface area contributed by atoms with Gasteiger partial charge in [0, 0.05) is 61.0 Å². The van der Waals surface area contributed by atoms with E-state index >= 15 is 0 Å².